The minimum Gasteiger partial charge on any atom is -0.482 e. The lowest BCUT2D eigenvalue weighted by Crippen LogP contribution is -2.48. The topological polar surface area (TPSA) is 76.7 Å². The number of carbonyl (C=O) groups is 2. The summed E-state index contributed by atoms with van der Waals surface area (Å²) in [7, 11) is 1.16. The molecule has 9 heteroatoms. The number of hydrogen-bond acceptors (Lipinski definition) is 5. The molecular weight excluding hydrogens is 341 g/mol. The molecule has 0 bridgehead atoms. The molecule has 1 aliphatic rings. The molecule has 1 amide bonds. The number of nitrogens with one attached hydrogen (secondary N) is 2. The maximum Gasteiger partial charge on any atom is 0.422 e. The molecule has 1 aliphatic heterocycles. The largest absolute Gasteiger partial charge is 0.482 e. The maximum atomic E-state index is 12.4. The molecule has 0 spiro atoms. The smallest absolute Gasteiger partial charge is 0.422 e. The lowest BCUT2D eigenvalue weighted by atomic mass is 9.88. The molecule has 0 aromatic heterocycles. The van der Waals surface area contributed by atoms with E-state index in [4.69, 9.17) is 4.74 Å². The van der Waals surface area contributed by atoms with Crippen LogP contribution in [0.1, 0.15) is 17.3 Å². The molecule has 2 rings (SSSR count). The molecule has 2 N–H and O–H groups in total. The van der Waals surface area contributed by atoms with E-state index >= 15 is 0 Å². The van der Waals surface area contributed by atoms with Crippen LogP contribution in [0.2, 0.25) is 0 Å². The monoisotopic (exact) mass is 360 g/mol. The third kappa shape index (κ3) is 5.09. The van der Waals surface area contributed by atoms with E-state index in [1.165, 1.54) is 12.1 Å². The quantitative estimate of drug-likeness (QED) is 0.761. The van der Waals surface area contributed by atoms with E-state index in [-0.39, 0.29) is 34.7 Å². The normalized spacial score (nSPS) is 15.9. The Kier molecular flexibility index (Phi) is 5.89. The zero-order valence-corrected chi connectivity index (χ0v) is 13.8. The lowest BCUT2D eigenvalue weighted by Gasteiger charge is -2.31. The Hall–Kier alpha value is -2.29. The van der Waals surface area contributed by atoms with Crippen molar-refractivity contribution in [3.63, 3.8) is 0 Å². The first-order chi connectivity index (χ1) is 11.7. The molecule has 1 aromatic carbocycles. The number of esters is 1. The van der Waals surface area contributed by atoms with Gasteiger partial charge in [-0.25, -0.2) is 4.79 Å². The van der Waals surface area contributed by atoms with Crippen molar-refractivity contribution < 1.29 is 32.2 Å². The first-order valence-corrected chi connectivity index (χ1v) is 7.64. The fourth-order valence-corrected chi connectivity index (χ4v) is 2.27. The van der Waals surface area contributed by atoms with E-state index in [9.17, 15) is 22.8 Å². The highest BCUT2D eigenvalue weighted by atomic mass is 19.4. The van der Waals surface area contributed by atoms with Gasteiger partial charge >= 0.3 is 12.1 Å². The molecule has 6 nitrogen and oxygen atoms in total. The fraction of sp³-hybridized carbons (Fsp3) is 0.500. The van der Waals surface area contributed by atoms with Crippen LogP contribution in [0.15, 0.2) is 18.2 Å². The Bertz CT molecular complexity index is 645. The molecule has 0 saturated carbocycles. The molecular formula is C16H19F3N2O4. The summed E-state index contributed by atoms with van der Waals surface area (Å²) < 4.78 is 46.6. The minimum atomic E-state index is -4.55. The number of alkyl halides is 3. The second-order valence-electron chi connectivity index (χ2n) is 5.80. The number of carbonyl (C=O) groups excluding carboxylic acids is 2. The van der Waals surface area contributed by atoms with E-state index < -0.39 is 18.8 Å². The summed E-state index contributed by atoms with van der Waals surface area (Å²) in [5, 5.41) is 5.62. The molecule has 1 aromatic rings. The van der Waals surface area contributed by atoms with Gasteiger partial charge in [0.2, 0.25) is 5.91 Å². The molecule has 0 aliphatic carbocycles. The van der Waals surface area contributed by atoms with Crippen molar-refractivity contribution in [2.24, 2.45) is 11.8 Å². The van der Waals surface area contributed by atoms with Gasteiger partial charge in [-0.3, -0.25) is 4.79 Å². The average Bonchev–Trinajstić information content (AvgIpc) is 2.50. The predicted octanol–water partition coefficient (Wildman–Crippen LogP) is 2.21. The molecule has 138 valence electrons. The number of benzene rings is 1. The summed E-state index contributed by atoms with van der Waals surface area (Å²) in [6.07, 6.45) is -4.55. The Labute approximate surface area is 142 Å². The summed E-state index contributed by atoms with van der Waals surface area (Å²) in [5.41, 5.74) is 0.0925. The van der Waals surface area contributed by atoms with Crippen molar-refractivity contribution in [3.8, 4) is 5.75 Å². The number of halogens is 3. The van der Waals surface area contributed by atoms with Crippen LogP contribution in [-0.4, -0.2) is 44.9 Å². The van der Waals surface area contributed by atoms with Gasteiger partial charge in [0.05, 0.1) is 18.4 Å². The summed E-state index contributed by atoms with van der Waals surface area (Å²) >= 11 is 0. The SMILES string of the molecule is COC(=O)c1ccc(NC(=O)C(C)C2CNC2)c(OCC(F)(F)F)c1. The van der Waals surface area contributed by atoms with E-state index in [0.29, 0.717) is 13.1 Å². The van der Waals surface area contributed by atoms with Crippen LogP contribution < -0.4 is 15.4 Å². The molecule has 0 radical (unpaired) electrons. The lowest BCUT2D eigenvalue weighted by molar-refractivity contribution is -0.153. The highest BCUT2D eigenvalue weighted by Crippen LogP contribution is 2.29. The first kappa shape index (κ1) is 19.0. The summed E-state index contributed by atoms with van der Waals surface area (Å²) in [4.78, 5) is 23.8. The Balaban J connectivity index is 2.18. The average molecular weight is 360 g/mol. The van der Waals surface area contributed by atoms with Crippen molar-refractivity contribution in [1.82, 2.24) is 5.32 Å². The fourth-order valence-electron chi connectivity index (χ4n) is 2.27. The predicted molar refractivity (Wildman–Crippen MR) is 83.5 cm³/mol. The number of rotatable bonds is 6. The second-order valence-corrected chi connectivity index (χ2v) is 5.80. The Morgan fingerprint density at radius 1 is 1.36 bits per heavy atom. The molecule has 1 fully saturated rings. The Morgan fingerprint density at radius 2 is 2.04 bits per heavy atom. The van der Waals surface area contributed by atoms with Crippen LogP contribution in [0.3, 0.4) is 0 Å². The van der Waals surface area contributed by atoms with Gasteiger partial charge in [-0.15, -0.1) is 0 Å². The number of ether oxygens (including phenoxy) is 2. The van der Waals surface area contributed by atoms with Gasteiger partial charge in [0.25, 0.3) is 0 Å². The highest BCUT2D eigenvalue weighted by Gasteiger charge is 2.31. The van der Waals surface area contributed by atoms with E-state index in [2.05, 4.69) is 15.4 Å². The zero-order chi connectivity index (χ0) is 18.6. The first-order valence-electron chi connectivity index (χ1n) is 7.64. The van der Waals surface area contributed by atoms with Gasteiger partial charge < -0.3 is 20.1 Å². The maximum absolute atomic E-state index is 12.4. The van der Waals surface area contributed by atoms with Crippen molar-refractivity contribution in [3.05, 3.63) is 23.8 Å². The number of methoxy groups -OCH3 is 1. The number of anilines is 1. The van der Waals surface area contributed by atoms with Gasteiger partial charge in [0.15, 0.2) is 6.61 Å². The van der Waals surface area contributed by atoms with Crippen molar-refractivity contribution in [2.75, 3.05) is 32.1 Å². The van der Waals surface area contributed by atoms with Gasteiger partial charge in [0.1, 0.15) is 5.75 Å². The summed E-state index contributed by atoms with van der Waals surface area (Å²) in [5.74, 6) is -1.42. The number of amides is 1. The third-order valence-corrected chi connectivity index (χ3v) is 3.99. The standard InChI is InChI=1S/C16H19F3N2O4/c1-9(11-6-20-7-11)14(22)21-12-4-3-10(15(23)24-2)5-13(12)25-8-16(17,18)19/h3-5,9,11,20H,6-8H2,1-2H3,(H,21,22). The van der Waals surface area contributed by atoms with Gasteiger partial charge in [-0.1, -0.05) is 6.92 Å². The highest BCUT2D eigenvalue weighted by molar-refractivity contribution is 5.96. The van der Waals surface area contributed by atoms with E-state index in [1.807, 2.05) is 0 Å². The van der Waals surface area contributed by atoms with Crippen LogP contribution in [0.25, 0.3) is 0 Å². The molecule has 1 atom stereocenters. The van der Waals surface area contributed by atoms with Crippen LogP contribution in [0.5, 0.6) is 5.75 Å². The third-order valence-electron chi connectivity index (χ3n) is 3.99. The van der Waals surface area contributed by atoms with Gasteiger partial charge in [0, 0.05) is 5.92 Å². The molecule has 25 heavy (non-hydrogen) atoms. The van der Waals surface area contributed by atoms with Crippen molar-refractivity contribution in [2.45, 2.75) is 13.1 Å². The molecule has 1 heterocycles. The second kappa shape index (κ2) is 7.73. The molecule has 1 unspecified atom stereocenters. The minimum absolute atomic E-state index is 0.0221. The van der Waals surface area contributed by atoms with Gasteiger partial charge in [-0.05, 0) is 37.2 Å². The van der Waals surface area contributed by atoms with Gasteiger partial charge in [-0.2, -0.15) is 13.2 Å². The summed E-state index contributed by atoms with van der Waals surface area (Å²) in [6, 6.07) is 3.78. The summed E-state index contributed by atoms with van der Waals surface area (Å²) in [6.45, 7) is 1.64. The van der Waals surface area contributed by atoms with Crippen LogP contribution in [0, 0.1) is 11.8 Å². The van der Waals surface area contributed by atoms with Crippen LogP contribution in [-0.2, 0) is 9.53 Å². The zero-order valence-electron chi connectivity index (χ0n) is 13.8. The Morgan fingerprint density at radius 3 is 2.56 bits per heavy atom. The van der Waals surface area contributed by atoms with Crippen molar-refractivity contribution >= 4 is 17.6 Å². The van der Waals surface area contributed by atoms with Crippen molar-refractivity contribution in [1.29, 1.82) is 0 Å². The van der Waals surface area contributed by atoms with Crippen LogP contribution >= 0.6 is 0 Å². The van der Waals surface area contributed by atoms with E-state index in [0.717, 1.165) is 13.2 Å². The number of hydrogen-bond donors (Lipinski definition) is 2. The molecule has 1 saturated heterocycles. The van der Waals surface area contributed by atoms with E-state index in [1.54, 1.807) is 6.92 Å². The van der Waals surface area contributed by atoms with Crippen LogP contribution in [0.4, 0.5) is 18.9 Å².